The van der Waals surface area contributed by atoms with Gasteiger partial charge in [0, 0.05) is 11.8 Å². The average molecular weight is 300 g/mol. The first-order chi connectivity index (χ1) is 10.7. The number of aromatic amines is 1. The van der Waals surface area contributed by atoms with E-state index in [9.17, 15) is 4.79 Å². The number of aromatic nitrogens is 2. The van der Waals surface area contributed by atoms with E-state index in [1.54, 1.807) is 13.1 Å². The second kappa shape index (κ2) is 7.97. The molecule has 0 aliphatic heterocycles. The second-order valence-electron chi connectivity index (χ2n) is 4.88. The normalized spacial score (nSPS) is 10.8. The first kappa shape index (κ1) is 15.8. The van der Waals surface area contributed by atoms with Gasteiger partial charge < -0.3 is 4.74 Å². The van der Waals surface area contributed by atoms with Gasteiger partial charge in [-0.05, 0) is 43.2 Å². The lowest BCUT2D eigenvalue weighted by Crippen LogP contribution is -2.10. The molecule has 0 fully saturated rings. The van der Waals surface area contributed by atoms with Crippen molar-refractivity contribution in [1.29, 1.82) is 0 Å². The molecule has 0 radical (unpaired) electrons. The maximum Gasteiger partial charge on any atom is 0.252 e. The van der Waals surface area contributed by atoms with Gasteiger partial charge in [-0.1, -0.05) is 13.3 Å². The summed E-state index contributed by atoms with van der Waals surface area (Å²) in [5, 5.41) is 4.05. The van der Waals surface area contributed by atoms with Crippen molar-refractivity contribution in [2.75, 3.05) is 12.0 Å². The van der Waals surface area contributed by atoms with Crippen LogP contribution in [0.25, 0.3) is 0 Å². The predicted molar refractivity (Wildman–Crippen MR) is 87.7 cm³/mol. The molecule has 2 aromatic rings. The minimum absolute atomic E-state index is 0.209. The molecular formula is C16H20N4O2. The molecule has 0 aliphatic rings. The third-order valence-corrected chi connectivity index (χ3v) is 2.90. The number of rotatable bonds is 7. The van der Waals surface area contributed by atoms with Crippen LogP contribution in [0.15, 0.2) is 40.2 Å². The number of aryl methyl sites for hydroxylation is 1. The number of nitrogens with zero attached hydrogens (tertiary/aromatic N) is 2. The molecule has 0 saturated carbocycles. The molecule has 2 N–H and O–H groups in total. The number of anilines is 1. The monoisotopic (exact) mass is 300 g/mol. The molecule has 6 heteroatoms. The lowest BCUT2D eigenvalue weighted by atomic mass is 10.2. The highest BCUT2D eigenvalue weighted by Gasteiger charge is 1.96. The van der Waals surface area contributed by atoms with Crippen LogP contribution in [-0.2, 0) is 0 Å². The van der Waals surface area contributed by atoms with Gasteiger partial charge in [0.1, 0.15) is 5.75 Å². The first-order valence-corrected chi connectivity index (χ1v) is 7.27. The van der Waals surface area contributed by atoms with E-state index in [0.717, 1.165) is 30.8 Å². The van der Waals surface area contributed by atoms with Crippen LogP contribution in [0.1, 0.15) is 31.0 Å². The maximum atomic E-state index is 11.3. The van der Waals surface area contributed by atoms with Crippen molar-refractivity contribution < 1.29 is 4.74 Å². The van der Waals surface area contributed by atoms with Crippen LogP contribution in [0.2, 0.25) is 0 Å². The van der Waals surface area contributed by atoms with E-state index in [4.69, 9.17) is 4.74 Å². The van der Waals surface area contributed by atoms with Crippen LogP contribution < -0.4 is 15.7 Å². The molecule has 0 amide bonds. The minimum atomic E-state index is -0.209. The molecule has 1 aromatic heterocycles. The van der Waals surface area contributed by atoms with Crippen molar-refractivity contribution in [2.24, 2.45) is 5.10 Å². The number of hydrogen-bond donors (Lipinski definition) is 2. The molecule has 0 aliphatic carbocycles. The van der Waals surface area contributed by atoms with Gasteiger partial charge in [0.2, 0.25) is 5.95 Å². The number of hydrogen-bond acceptors (Lipinski definition) is 5. The topological polar surface area (TPSA) is 79.4 Å². The Balaban J connectivity index is 1.91. The summed E-state index contributed by atoms with van der Waals surface area (Å²) in [5.41, 5.74) is 4.05. The summed E-state index contributed by atoms with van der Waals surface area (Å²) in [6.45, 7) is 4.62. The van der Waals surface area contributed by atoms with E-state index in [-0.39, 0.29) is 5.56 Å². The highest BCUT2D eigenvalue weighted by Crippen LogP contribution is 2.11. The van der Waals surface area contributed by atoms with Gasteiger partial charge in [0.15, 0.2) is 0 Å². The SMILES string of the molecule is CCCCOc1ccc(/C=N/Nc2nc(C)cc(=O)[nH]2)cc1. The zero-order chi connectivity index (χ0) is 15.8. The van der Waals surface area contributed by atoms with Gasteiger partial charge in [-0.2, -0.15) is 5.10 Å². The highest BCUT2D eigenvalue weighted by atomic mass is 16.5. The van der Waals surface area contributed by atoms with Crippen LogP contribution >= 0.6 is 0 Å². The summed E-state index contributed by atoms with van der Waals surface area (Å²) in [4.78, 5) is 18.0. The van der Waals surface area contributed by atoms with Crippen LogP contribution in [0.3, 0.4) is 0 Å². The number of H-pyrrole nitrogens is 1. The van der Waals surface area contributed by atoms with Gasteiger partial charge >= 0.3 is 0 Å². The molecule has 1 aromatic carbocycles. The Bertz CT molecular complexity index is 677. The number of unbranched alkanes of at least 4 members (excludes halogenated alkanes) is 1. The van der Waals surface area contributed by atoms with Gasteiger partial charge in [-0.15, -0.1) is 0 Å². The van der Waals surface area contributed by atoms with Crippen LogP contribution in [0.4, 0.5) is 5.95 Å². The maximum absolute atomic E-state index is 11.3. The molecule has 1 heterocycles. The van der Waals surface area contributed by atoms with Crippen LogP contribution in [0.5, 0.6) is 5.75 Å². The number of hydrazone groups is 1. The molecule has 2 rings (SSSR count). The number of benzene rings is 1. The largest absolute Gasteiger partial charge is 0.494 e. The Hall–Kier alpha value is -2.63. The number of nitrogens with one attached hydrogen (secondary N) is 2. The van der Waals surface area contributed by atoms with Crippen molar-refractivity contribution in [1.82, 2.24) is 9.97 Å². The molecule has 22 heavy (non-hydrogen) atoms. The van der Waals surface area contributed by atoms with Gasteiger partial charge in [0.25, 0.3) is 5.56 Å². The fourth-order valence-electron chi connectivity index (χ4n) is 1.78. The lowest BCUT2D eigenvalue weighted by Gasteiger charge is -2.05. The Labute approximate surface area is 129 Å². The third-order valence-electron chi connectivity index (χ3n) is 2.90. The highest BCUT2D eigenvalue weighted by molar-refractivity contribution is 5.80. The lowest BCUT2D eigenvalue weighted by molar-refractivity contribution is 0.309. The van der Waals surface area contributed by atoms with Crippen molar-refractivity contribution in [2.45, 2.75) is 26.7 Å². The van der Waals surface area contributed by atoms with Crippen molar-refractivity contribution in [3.05, 3.63) is 51.9 Å². The molecule has 0 atom stereocenters. The standard InChI is InChI=1S/C16H20N4O2/c1-3-4-9-22-14-7-5-13(6-8-14)11-17-20-16-18-12(2)10-15(21)19-16/h5-8,10-11H,3-4,9H2,1-2H3,(H2,18,19,20,21)/b17-11+. The Kier molecular flexibility index (Phi) is 5.71. The summed E-state index contributed by atoms with van der Waals surface area (Å²) < 4.78 is 5.59. The van der Waals surface area contributed by atoms with E-state index in [1.807, 2.05) is 24.3 Å². The molecule has 6 nitrogen and oxygen atoms in total. The van der Waals surface area contributed by atoms with Crippen LogP contribution in [0, 0.1) is 6.92 Å². The molecule has 0 unspecified atom stereocenters. The minimum Gasteiger partial charge on any atom is -0.494 e. The van der Waals surface area contributed by atoms with E-state index in [0.29, 0.717) is 11.6 Å². The predicted octanol–water partition coefficient (Wildman–Crippen LogP) is 2.70. The van der Waals surface area contributed by atoms with E-state index in [2.05, 4.69) is 27.4 Å². The zero-order valence-electron chi connectivity index (χ0n) is 12.8. The summed E-state index contributed by atoms with van der Waals surface area (Å²) >= 11 is 0. The number of ether oxygens (including phenoxy) is 1. The van der Waals surface area contributed by atoms with Gasteiger partial charge in [-0.25, -0.2) is 10.4 Å². The molecule has 0 saturated heterocycles. The van der Waals surface area contributed by atoms with Gasteiger partial charge in [0.05, 0.1) is 12.8 Å². The summed E-state index contributed by atoms with van der Waals surface area (Å²) in [7, 11) is 0. The molecule has 0 bridgehead atoms. The summed E-state index contributed by atoms with van der Waals surface area (Å²) in [6.07, 6.45) is 3.82. The average Bonchev–Trinajstić information content (AvgIpc) is 2.48. The molecule has 116 valence electrons. The molecular weight excluding hydrogens is 280 g/mol. The van der Waals surface area contributed by atoms with E-state index in [1.165, 1.54) is 6.07 Å². The van der Waals surface area contributed by atoms with Gasteiger partial charge in [-0.3, -0.25) is 9.78 Å². The first-order valence-electron chi connectivity index (χ1n) is 7.27. The summed E-state index contributed by atoms with van der Waals surface area (Å²) in [5.74, 6) is 1.17. The fraction of sp³-hybridized carbons (Fsp3) is 0.312. The van der Waals surface area contributed by atoms with Crippen molar-refractivity contribution >= 4 is 12.2 Å². The van der Waals surface area contributed by atoms with Crippen LogP contribution in [-0.4, -0.2) is 22.8 Å². The summed E-state index contributed by atoms with van der Waals surface area (Å²) in [6, 6.07) is 9.07. The Morgan fingerprint density at radius 3 is 2.82 bits per heavy atom. The quantitative estimate of drug-likeness (QED) is 0.468. The molecule has 0 spiro atoms. The smallest absolute Gasteiger partial charge is 0.252 e. The Morgan fingerprint density at radius 1 is 1.36 bits per heavy atom. The van der Waals surface area contributed by atoms with E-state index >= 15 is 0 Å². The third kappa shape index (κ3) is 5.05. The fourth-order valence-corrected chi connectivity index (χ4v) is 1.78. The van der Waals surface area contributed by atoms with E-state index < -0.39 is 0 Å². The zero-order valence-corrected chi connectivity index (χ0v) is 12.8. The Morgan fingerprint density at radius 2 is 2.14 bits per heavy atom. The van der Waals surface area contributed by atoms with Crippen molar-refractivity contribution in [3.63, 3.8) is 0 Å². The van der Waals surface area contributed by atoms with Crippen molar-refractivity contribution in [3.8, 4) is 5.75 Å². The second-order valence-corrected chi connectivity index (χ2v) is 4.88.